The highest BCUT2D eigenvalue weighted by molar-refractivity contribution is 8.00. The van der Waals surface area contributed by atoms with Gasteiger partial charge in [0, 0.05) is 11.4 Å². The smallest absolute Gasteiger partial charge is 0.230 e. The number of amides is 1. The molecule has 0 aliphatic rings. The summed E-state index contributed by atoms with van der Waals surface area (Å²) in [5.41, 5.74) is 0.935. The number of hydrogen-bond acceptors (Lipinski definition) is 4. The van der Waals surface area contributed by atoms with Crippen molar-refractivity contribution in [2.24, 2.45) is 0 Å². The Morgan fingerprint density at radius 2 is 1.92 bits per heavy atom. The van der Waals surface area contributed by atoms with Gasteiger partial charge in [0.1, 0.15) is 5.82 Å². The predicted molar refractivity (Wildman–Crippen MR) is 102 cm³/mol. The lowest BCUT2D eigenvalue weighted by Gasteiger charge is -2.12. The van der Waals surface area contributed by atoms with E-state index in [0.29, 0.717) is 24.7 Å². The number of unbranched alkanes of at least 4 members (excludes halogenated alkanes) is 1. The number of benzene rings is 2. The zero-order valence-corrected chi connectivity index (χ0v) is 15.9. The van der Waals surface area contributed by atoms with Crippen LogP contribution in [0.15, 0.2) is 47.4 Å². The summed E-state index contributed by atoms with van der Waals surface area (Å²) in [6, 6.07) is 11.7. The molecule has 0 atom stereocenters. The second-order valence-electron chi connectivity index (χ2n) is 5.71. The van der Waals surface area contributed by atoms with Crippen LogP contribution in [0.25, 0.3) is 0 Å². The van der Waals surface area contributed by atoms with Gasteiger partial charge in [0.25, 0.3) is 0 Å². The number of carbonyl (C=O) groups is 1. The van der Waals surface area contributed by atoms with E-state index < -0.39 is 0 Å². The van der Waals surface area contributed by atoms with E-state index in [1.807, 2.05) is 18.2 Å². The van der Waals surface area contributed by atoms with Gasteiger partial charge in [0.2, 0.25) is 5.91 Å². The molecule has 0 aliphatic heterocycles. The molecule has 0 heterocycles. The Balaban J connectivity index is 1.82. The van der Waals surface area contributed by atoms with Crippen molar-refractivity contribution in [2.75, 3.05) is 19.5 Å². The van der Waals surface area contributed by atoms with Crippen molar-refractivity contribution >= 4 is 17.7 Å². The maximum absolute atomic E-state index is 12.9. The Hall–Kier alpha value is -2.21. The van der Waals surface area contributed by atoms with Gasteiger partial charge < -0.3 is 14.8 Å². The van der Waals surface area contributed by atoms with Crippen LogP contribution < -0.4 is 14.8 Å². The third-order valence-corrected chi connectivity index (χ3v) is 4.67. The normalized spacial score (nSPS) is 10.4. The zero-order valence-electron chi connectivity index (χ0n) is 15.1. The quantitative estimate of drug-likeness (QED) is 0.492. The molecule has 0 unspecified atom stereocenters. The van der Waals surface area contributed by atoms with Crippen molar-refractivity contribution in [3.63, 3.8) is 0 Å². The van der Waals surface area contributed by atoms with Crippen LogP contribution in [-0.4, -0.2) is 25.4 Å². The number of carbonyl (C=O) groups excluding carboxylic acids is 1. The molecule has 2 aromatic carbocycles. The molecule has 0 aromatic heterocycles. The minimum Gasteiger partial charge on any atom is -0.493 e. The summed E-state index contributed by atoms with van der Waals surface area (Å²) in [6.07, 6.45) is 2.06. The number of hydrogen-bond donors (Lipinski definition) is 1. The molecule has 140 valence electrons. The lowest BCUT2D eigenvalue weighted by atomic mass is 10.2. The third-order valence-electron chi connectivity index (χ3n) is 3.66. The van der Waals surface area contributed by atoms with Crippen LogP contribution in [0, 0.1) is 5.82 Å². The van der Waals surface area contributed by atoms with E-state index in [4.69, 9.17) is 9.47 Å². The highest BCUT2D eigenvalue weighted by atomic mass is 32.2. The second-order valence-corrected chi connectivity index (χ2v) is 6.76. The number of rotatable bonds is 10. The van der Waals surface area contributed by atoms with Gasteiger partial charge in [0.15, 0.2) is 11.5 Å². The maximum Gasteiger partial charge on any atom is 0.230 e. The second kappa shape index (κ2) is 10.7. The Labute approximate surface area is 158 Å². The van der Waals surface area contributed by atoms with Gasteiger partial charge in [-0.25, -0.2) is 4.39 Å². The molecule has 1 N–H and O–H groups in total. The molecule has 0 fully saturated rings. The summed E-state index contributed by atoms with van der Waals surface area (Å²) < 4.78 is 23.9. The van der Waals surface area contributed by atoms with Crippen LogP contribution in [0.4, 0.5) is 4.39 Å². The first-order chi connectivity index (χ1) is 12.6. The van der Waals surface area contributed by atoms with Gasteiger partial charge in [-0.3, -0.25) is 4.79 Å². The minimum atomic E-state index is -0.283. The molecule has 0 saturated carbocycles. The van der Waals surface area contributed by atoms with Crippen molar-refractivity contribution in [2.45, 2.75) is 31.2 Å². The number of halogens is 1. The van der Waals surface area contributed by atoms with Crippen LogP contribution in [-0.2, 0) is 11.3 Å². The molecule has 0 radical (unpaired) electrons. The Bertz CT molecular complexity index is 707. The number of ether oxygens (including phenoxy) is 2. The maximum atomic E-state index is 12.9. The molecule has 2 aromatic rings. The standard InChI is InChI=1S/C20H24FNO3S/c1-3-4-11-25-18-10-5-15(12-19(18)24-2)13-22-20(23)14-26-17-8-6-16(21)7-9-17/h5-10,12H,3-4,11,13-14H2,1-2H3,(H,22,23). The van der Waals surface area contributed by atoms with Gasteiger partial charge in [-0.2, -0.15) is 0 Å². The average Bonchev–Trinajstić information content (AvgIpc) is 2.66. The minimum absolute atomic E-state index is 0.0819. The summed E-state index contributed by atoms with van der Waals surface area (Å²) in [6.45, 7) is 3.18. The predicted octanol–water partition coefficient (Wildman–Crippen LogP) is 4.42. The van der Waals surface area contributed by atoms with Gasteiger partial charge in [-0.05, 0) is 48.4 Å². The van der Waals surface area contributed by atoms with Crippen molar-refractivity contribution in [3.8, 4) is 11.5 Å². The highest BCUT2D eigenvalue weighted by Gasteiger charge is 2.08. The van der Waals surface area contributed by atoms with Crippen molar-refractivity contribution < 1.29 is 18.7 Å². The molecule has 0 saturated heterocycles. The Morgan fingerprint density at radius 1 is 1.15 bits per heavy atom. The number of thioether (sulfide) groups is 1. The van der Waals surface area contributed by atoms with Crippen LogP contribution >= 0.6 is 11.8 Å². The molecule has 0 aliphatic carbocycles. The van der Waals surface area contributed by atoms with Crippen molar-refractivity contribution in [3.05, 3.63) is 53.8 Å². The first kappa shape index (κ1) is 20.1. The molecular formula is C20H24FNO3S. The number of nitrogens with one attached hydrogen (secondary N) is 1. The third kappa shape index (κ3) is 6.59. The SMILES string of the molecule is CCCCOc1ccc(CNC(=O)CSc2ccc(F)cc2)cc1OC. The fraction of sp³-hybridized carbons (Fsp3) is 0.350. The average molecular weight is 377 g/mol. The van der Waals surface area contributed by atoms with Crippen LogP contribution in [0.2, 0.25) is 0 Å². The topological polar surface area (TPSA) is 47.6 Å². The van der Waals surface area contributed by atoms with Crippen molar-refractivity contribution in [1.82, 2.24) is 5.32 Å². The van der Waals surface area contributed by atoms with E-state index in [9.17, 15) is 9.18 Å². The van der Waals surface area contributed by atoms with E-state index in [1.54, 1.807) is 19.2 Å². The van der Waals surface area contributed by atoms with Crippen LogP contribution in [0.5, 0.6) is 11.5 Å². The Kier molecular flexibility index (Phi) is 8.28. The molecular weight excluding hydrogens is 353 g/mol. The van der Waals surface area contributed by atoms with Gasteiger partial charge in [0.05, 0.1) is 19.5 Å². The van der Waals surface area contributed by atoms with Crippen LogP contribution in [0.1, 0.15) is 25.3 Å². The molecule has 0 spiro atoms. The largest absolute Gasteiger partial charge is 0.493 e. The fourth-order valence-electron chi connectivity index (χ4n) is 2.20. The van der Waals surface area contributed by atoms with E-state index in [1.165, 1.54) is 23.9 Å². The van der Waals surface area contributed by atoms with Crippen LogP contribution in [0.3, 0.4) is 0 Å². The van der Waals surface area contributed by atoms with E-state index in [0.717, 1.165) is 23.3 Å². The zero-order chi connectivity index (χ0) is 18.8. The highest BCUT2D eigenvalue weighted by Crippen LogP contribution is 2.28. The summed E-state index contributed by atoms with van der Waals surface area (Å²) in [5.74, 6) is 1.29. The summed E-state index contributed by atoms with van der Waals surface area (Å²) in [4.78, 5) is 12.8. The molecule has 4 nitrogen and oxygen atoms in total. The number of methoxy groups -OCH3 is 1. The van der Waals surface area contributed by atoms with Gasteiger partial charge in [-0.15, -0.1) is 11.8 Å². The van der Waals surface area contributed by atoms with Crippen molar-refractivity contribution in [1.29, 1.82) is 0 Å². The van der Waals surface area contributed by atoms with E-state index in [2.05, 4.69) is 12.2 Å². The van der Waals surface area contributed by atoms with Gasteiger partial charge in [-0.1, -0.05) is 19.4 Å². The summed E-state index contributed by atoms with van der Waals surface area (Å²) in [7, 11) is 1.60. The first-order valence-corrected chi connectivity index (χ1v) is 9.55. The monoisotopic (exact) mass is 377 g/mol. The molecule has 2 rings (SSSR count). The van der Waals surface area contributed by atoms with E-state index in [-0.39, 0.29) is 17.5 Å². The first-order valence-electron chi connectivity index (χ1n) is 8.57. The Morgan fingerprint density at radius 3 is 2.62 bits per heavy atom. The lowest BCUT2D eigenvalue weighted by molar-refractivity contribution is -0.118. The summed E-state index contributed by atoms with van der Waals surface area (Å²) in [5, 5.41) is 2.87. The lowest BCUT2D eigenvalue weighted by Crippen LogP contribution is -2.24. The molecule has 6 heteroatoms. The fourth-order valence-corrected chi connectivity index (χ4v) is 2.93. The summed E-state index contributed by atoms with van der Waals surface area (Å²) >= 11 is 1.37. The molecule has 26 heavy (non-hydrogen) atoms. The molecule has 0 bridgehead atoms. The van der Waals surface area contributed by atoms with E-state index >= 15 is 0 Å². The molecule has 1 amide bonds. The van der Waals surface area contributed by atoms with Gasteiger partial charge >= 0.3 is 0 Å².